The molecule has 0 bridgehead atoms. The van der Waals surface area contributed by atoms with Gasteiger partial charge >= 0.3 is 17.5 Å². The molecule has 0 spiro atoms. The first-order chi connectivity index (χ1) is 5.02. The van der Waals surface area contributed by atoms with Gasteiger partial charge < -0.3 is 9.05 Å². The lowest BCUT2D eigenvalue weighted by Crippen LogP contribution is -2.09. The van der Waals surface area contributed by atoms with Crippen molar-refractivity contribution < 1.29 is 25.8 Å². The molecule has 0 radical (unpaired) electrons. The summed E-state index contributed by atoms with van der Waals surface area (Å²) in [6, 6.07) is 0. The molecule has 0 fully saturated rings. The van der Waals surface area contributed by atoms with Gasteiger partial charge in [0.05, 0.1) is 12.7 Å². The first kappa shape index (κ1) is 11.5. The van der Waals surface area contributed by atoms with Crippen molar-refractivity contribution >= 4 is 17.5 Å². The topological polar surface area (TPSA) is 18.5 Å². The van der Waals surface area contributed by atoms with Gasteiger partial charge in [-0.2, -0.15) is 16.8 Å². The van der Waals surface area contributed by atoms with Crippen molar-refractivity contribution in [2.45, 2.75) is 13.0 Å². The first-order valence-electron chi connectivity index (χ1n) is 2.55. The van der Waals surface area contributed by atoms with Crippen LogP contribution in [0.2, 0.25) is 0 Å². The Bertz CT molecular complexity index is 103. The zero-order valence-electron chi connectivity index (χ0n) is 5.51. The molecule has 0 heterocycles. The van der Waals surface area contributed by atoms with E-state index in [1.165, 1.54) is 6.92 Å². The van der Waals surface area contributed by atoms with Crippen LogP contribution in [0, 0.1) is 0 Å². The van der Waals surface area contributed by atoms with Gasteiger partial charge in [0.2, 0.25) is 0 Å². The fourth-order valence-electron chi connectivity index (χ4n) is 0.328. The lowest BCUT2D eigenvalue weighted by molar-refractivity contribution is 0.141. The molecule has 11 heavy (non-hydrogen) atoms. The molecule has 2 nitrogen and oxygen atoms in total. The fraction of sp³-hybridized carbons (Fsp3) is 1.00. The maximum absolute atomic E-state index is 11.4. The van der Waals surface area contributed by atoms with Crippen molar-refractivity contribution in [2.75, 3.05) is 6.61 Å². The van der Waals surface area contributed by atoms with Crippen molar-refractivity contribution in [3.8, 4) is 0 Å². The van der Waals surface area contributed by atoms with Crippen LogP contribution in [-0.4, -0.2) is 12.7 Å². The van der Waals surface area contributed by atoms with Crippen LogP contribution in [0.4, 0.5) is 16.8 Å². The molecule has 0 amide bonds. The van der Waals surface area contributed by atoms with Crippen LogP contribution in [0.25, 0.3) is 0 Å². The van der Waals surface area contributed by atoms with Gasteiger partial charge in [-0.3, -0.25) is 0 Å². The number of halogens is 4. The number of rotatable bonds is 5. The minimum absolute atomic E-state index is 0.495. The Morgan fingerprint density at radius 3 is 2.09 bits per heavy atom. The summed E-state index contributed by atoms with van der Waals surface area (Å²) in [6.07, 6.45) is -0.979. The van der Waals surface area contributed by atoms with E-state index < -0.39 is 30.3 Å². The zero-order chi connectivity index (χ0) is 8.85. The van der Waals surface area contributed by atoms with E-state index in [2.05, 4.69) is 9.05 Å². The molecular formula is C3H6F4O2P2. The van der Waals surface area contributed by atoms with Gasteiger partial charge in [-0.25, -0.2) is 0 Å². The van der Waals surface area contributed by atoms with Crippen LogP contribution in [0.1, 0.15) is 6.92 Å². The highest BCUT2D eigenvalue weighted by Gasteiger charge is 2.14. The fourth-order valence-corrected chi connectivity index (χ4v) is 0.983. The smallest absolute Gasteiger partial charge is 0.303 e. The first-order valence-corrected chi connectivity index (χ1v) is 4.63. The highest BCUT2D eigenvalue weighted by atomic mass is 31.2. The van der Waals surface area contributed by atoms with E-state index in [9.17, 15) is 16.8 Å². The van der Waals surface area contributed by atoms with Gasteiger partial charge in [-0.15, -0.1) is 0 Å². The largest absolute Gasteiger partial charge is 0.415 e. The number of hydrogen-bond donors (Lipinski definition) is 0. The maximum atomic E-state index is 11.4. The molecule has 8 heteroatoms. The molecular weight excluding hydrogens is 206 g/mol. The lowest BCUT2D eigenvalue weighted by Gasteiger charge is -2.09. The van der Waals surface area contributed by atoms with E-state index >= 15 is 0 Å². The van der Waals surface area contributed by atoms with Gasteiger partial charge in [0.15, 0.2) is 0 Å². The second-order valence-corrected chi connectivity index (χ2v) is 2.89. The highest BCUT2D eigenvalue weighted by Crippen LogP contribution is 2.43. The summed E-state index contributed by atoms with van der Waals surface area (Å²) in [5, 5.41) is 0. The summed E-state index contributed by atoms with van der Waals surface area (Å²) < 4.78 is 53.2. The molecule has 0 aliphatic carbocycles. The summed E-state index contributed by atoms with van der Waals surface area (Å²) in [5.74, 6) is 0. The third-order valence-electron chi connectivity index (χ3n) is 0.666. The van der Waals surface area contributed by atoms with Gasteiger partial charge in [-0.05, 0) is 6.92 Å². The summed E-state index contributed by atoms with van der Waals surface area (Å²) in [4.78, 5) is 0. The third kappa shape index (κ3) is 8.41. The number of hydrogen-bond acceptors (Lipinski definition) is 2. The SMILES string of the molecule is CC(COP(F)F)OP(F)F. The van der Waals surface area contributed by atoms with Crippen molar-refractivity contribution in [3.63, 3.8) is 0 Å². The van der Waals surface area contributed by atoms with E-state index in [-0.39, 0.29) is 0 Å². The van der Waals surface area contributed by atoms with Gasteiger partial charge in [0, 0.05) is 0 Å². The minimum Gasteiger partial charge on any atom is -0.303 e. The van der Waals surface area contributed by atoms with E-state index in [4.69, 9.17) is 0 Å². The van der Waals surface area contributed by atoms with E-state index in [1.807, 2.05) is 0 Å². The average molecular weight is 212 g/mol. The summed E-state index contributed by atoms with van der Waals surface area (Å²) in [7, 11) is -6.96. The van der Waals surface area contributed by atoms with Gasteiger partial charge in [0.25, 0.3) is 0 Å². The maximum Gasteiger partial charge on any atom is 0.415 e. The molecule has 1 atom stereocenters. The Hall–Kier alpha value is 0.500. The lowest BCUT2D eigenvalue weighted by atomic mass is 10.5. The van der Waals surface area contributed by atoms with Crippen molar-refractivity contribution in [2.24, 2.45) is 0 Å². The van der Waals surface area contributed by atoms with Crippen molar-refractivity contribution in [1.82, 2.24) is 0 Å². The normalized spacial score (nSPS) is 14.5. The average Bonchev–Trinajstić information content (AvgIpc) is 1.82. The van der Waals surface area contributed by atoms with Crippen LogP contribution < -0.4 is 0 Å². The van der Waals surface area contributed by atoms with Crippen molar-refractivity contribution in [1.29, 1.82) is 0 Å². The zero-order valence-corrected chi connectivity index (χ0v) is 7.30. The second kappa shape index (κ2) is 6.06. The molecule has 0 aromatic heterocycles. The second-order valence-electron chi connectivity index (χ2n) is 1.62. The molecule has 0 rings (SSSR count). The molecule has 0 N–H and O–H groups in total. The molecule has 0 aliphatic heterocycles. The Labute approximate surface area is 64.0 Å². The van der Waals surface area contributed by atoms with Crippen LogP contribution in [0.15, 0.2) is 0 Å². The van der Waals surface area contributed by atoms with Crippen LogP contribution in [-0.2, 0) is 9.05 Å². The molecule has 0 saturated carbocycles. The summed E-state index contributed by atoms with van der Waals surface area (Å²) in [6.45, 7) is 0.749. The van der Waals surface area contributed by atoms with Gasteiger partial charge in [0.1, 0.15) is 0 Å². The standard InChI is InChI=1S/C3H6F4O2P2/c1-3(9-11(6)7)2-8-10(4)5/h3H,2H2,1H3. The Kier molecular flexibility index (Phi) is 6.34. The Balaban J connectivity index is 3.29. The third-order valence-corrected chi connectivity index (χ3v) is 1.53. The Morgan fingerprint density at radius 2 is 1.73 bits per heavy atom. The molecule has 0 aromatic carbocycles. The van der Waals surface area contributed by atoms with Crippen LogP contribution in [0.3, 0.4) is 0 Å². The summed E-state index contributed by atoms with van der Waals surface area (Å²) in [5.41, 5.74) is 0. The van der Waals surface area contributed by atoms with Crippen LogP contribution >= 0.6 is 17.5 Å². The van der Waals surface area contributed by atoms with E-state index in [0.29, 0.717) is 0 Å². The predicted octanol–water partition coefficient (Wildman–Crippen LogP) is 3.74. The Morgan fingerprint density at radius 1 is 1.18 bits per heavy atom. The van der Waals surface area contributed by atoms with Crippen LogP contribution in [0.5, 0.6) is 0 Å². The molecule has 0 aromatic rings. The van der Waals surface area contributed by atoms with Crippen molar-refractivity contribution in [3.05, 3.63) is 0 Å². The minimum atomic E-state index is -3.49. The van der Waals surface area contributed by atoms with E-state index in [1.54, 1.807) is 0 Å². The molecule has 68 valence electrons. The highest BCUT2D eigenvalue weighted by molar-refractivity contribution is 7.41. The quantitative estimate of drug-likeness (QED) is 0.510. The molecule has 1 unspecified atom stereocenters. The van der Waals surface area contributed by atoms with Gasteiger partial charge in [-0.1, -0.05) is 0 Å². The molecule has 0 aliphatic rings. The monoisotopic (exact) mass is 212 g/mol. The molecule has 0 saturated heterocycles. The summed E-state index contributed by atoms with van der Waals surface area (Å²) >= 11 is 0. The predicted molar refractivity (Wildman–Crippen MR) is 34.8 cm³/mol. The van der Waals surface area contributed by atoms with E-state index in [0.717, 1.165) is 0 Å².